The van der Waals surface area contributed by atoms with E-state index in [9.17, 15) is 0 Å². The van der Waals surface area contributed by atoms with Gasteiger partial charge in [-0.2, -0.15) is 0 Å². The van der Waals surface area contributed by atoms with Gasteiger partial charge < -0.3 is 25.5 Å². The highest BCUT2D eigenvalue weighted by Crippen LogP contribution is 2.46. The van der Waals surface area contributed by atoms with Crippen LogP contribution in [-0.2, 0) is 4.84 Å². The van der Waals surface area contributed by atoms with Gasteiger partial charge in [-0.25, -0.2) is 4.98 Å². The van der Waals surface area contributed by atoms with Gasteiger partial charge in [-0.3, -0.25) is 0 Å². The van der Waals surface area contributed by atoms with E-state index in [0.717, 1.165) is 83.0 Å². The second-order valence-electron chi connectivity index (χ2n) is 7.77. The van der Waals surface area contributed by atoms with Crippen LogP contribution in [0.3, 0.4) is 0 Å². The summed E-state index contributed by atoms with van der Waals surface area (Å²) < 4.78 is 5.52. The zero-order valence-corrected chi connectivity index (χ0v) is 17.7. The van der Waals surface area contributed by atoms with Crippen LogP contribution in [0.1, 0.15) is 17.5 Å². The van der Waals surface area contributed by atoms with Crippen LogP contribution in [0.5, 0.6) is 5.75 Å². The molecule has 7 heteroatoms. The molecule has 1 aromatic heterocycles. The third-order valence-electron chi connectivity index (χ3n) is 5.87. The monoisotopic (exact) mass is 417 g/mol. The molecular formula is C24H27N5O2. The summed E-state index contributed by atoms with van der Waals surface area (Å²) in [5.74, 6) is 1.80. The smallest absolute Gasteiger partial charge is 0.137 e. The van der Waals surface area contributed by atoms with Crippen LogP contribution in [0.2, 0.25) is 0 Å². The summed E-state index contributed by atoms with van der Waals surface area (Å²) in [5, 5.41) is 9.11. The van der Waals surface area contributed by atoms with Gasteiger partial charge in [0, 0.05) is 48.3 Å². The lowest BCUT2D eigenvalue weighted by Gasteiger charge is -2.30. The number of benzene rings is 2. The van der Waals surface area contributed by atoms with E-state index in [1.807, 2.05) is 24.3 Å². The second-order valence-corrected chi connectivity index (χ2v) is 7.77. The number of nitrogens with one attached hydrogen (secondary N) is 1. The number of aromatic nitrogens is 1. The zero-order valence-electron chi connectivity index (χ0n) is 17.7. The summed E-state index contributed by atoms with van der Waals surface area (Å²) in [7, 11) is 1.68. The minimum Gasteiger partial charge on any atom is -0.497 e. The van der Waals surface area contributed by atoms with Crippen molar-refractivity contribution in [1.82, 2.24) is 10.3 Å². The van der Waals surface area contributed by atoms with Gasteiger partial charge in [0.15, 0.2) is 0 Å². The molecule has 0 amide bonds. The largest absolute Gasteiger partial charge is 0.497 e. The van der Waals surface area contributed by atoms with Crippen molar-refractivity contribution in [2.75, 3.05) is 51.3 Å². The lowest BCUT2D eigenvalue weighted by molar-refractivity contribution is 0.143. The molecule has 0 radical (unpaired) electrons. The Morgan fingerprint density at radius 3 is 2.74 bits per heavy atom. The van der Waals surface area contributed by atoms with Crippen molar-refractivity contribution >= 4 is 22.4 Å². The normalized spacial score (nSPS) is 16.5. The predicted molar refractivity (Wildman–Crippen MR) is 124 cm³/mol. The number of oxime groups is 1. The second kappa shape index (κ2) is 8.53. The molecule has 1 aliphatic heterocycles. The summed E-state index contributed by atoms with van der Waals surface area (Å²) in [4.78, 5) is 13.2. The molecule has 2 heterocycles. The van der Waals surface area contributed by atoms with E-state index in [-0.39, 0.29) is 0 Å². The quantitative estimate of drug-likeness (QED) is 0.371. The topological polar surface area (TPSA) is 85.0 Å². The Hall–Kier alpha value is -3.16. The molecule has 31 heavy (non-hydrogen) atoms. The van der Waals surface area contributed by atoms with Gasteiger partial charge in [0.2, 0.25) is 0 Å². The van der Waals surface area contributed by atoms with Crippen LogP contribution in [0.4, 0.5) is 5.82 Å². The first kappa shape index (κ1) is 19.8. The van der Waals surface area contributed by atoms with Crippen LogP contribution in [0.25, 0.3) is 22.0 Å². The van der Waals surface area contributed by atoms with Crippen LogP contribution in [0, 0.1) is 0 Å². The Labute approximate surface area is 181 Å². The number of methoxy groups -OCH3 is 1. The number of para-hydroxylation sites is 1. The number of nitrogens with zero attached hydrogens (tertiary/aromatic N) is 3. The number of rotatable bonds is 6. The van der Waals surface area contributed by atoms with Gasteiger partial charge in [-0.05, 0) is 42.8 Å². The van der Waals surface area contributed by atoms with Crippen LogP contribution < -0.4 is 20.7 Å². The molecule has 3 N–H and O–H groups in total. The zero-order chi connectivity index (χ0) is 21.2. The lowest BCUT2D eigenvalue weighted by Crippen LogP contribution is -2.44. The van der Waals surface area contributed by atoms with Crippen molar-refractivity contribution in [3.8, 4) is 16.9 Å². The highest BCUT2D eigenvalue weighted by atomic mass is 16.6. The van der Waals surface area contributed by atoms with Crippen molar-refractivity contribution in [3.05, 3.63) is 53.6 Å². The first-order valence-electron chi connectivity index (χ1n) is 10.8. The number of ether oxygens (including phenoxy) is 1. The molecule has 2 aliphatic rings. The van der Waals surface area contributed by atoms with E-state index in [4.69, 9.17) is 20.3 Å². The van der Waals surface area contributed by atoms with Crippen molar-refractivity contribution in [1.29, 1.82) is 0 Å². The van der Waals surface area contributed by atoms with Crippen LogP contribution in [-0.4, -0.2) is 57.1 Å². The Bertz CT molecular complexity index is 1140. The van der Waals surface area contributed by atoms with Crippen molar-refractivity contribution in [2.45, 2.75) is 6.42 Å². The number of piperazine rings is 1. The molecule has 2 aromatic carbocycles. The van der Waals surface area contributed by atoms with Gasteiger partial charge in [-0.1, -0.05) is 23.4 Å². The Morgan fingerprint density at radius 1 is 1.10 bits per heavy atom. The molecule has 3 aromatic rings. The average molecular weight is 418 g/mol. The van der Waals surface area contributed by atoms with E-state index in [0.29, 0.717) is 13.2 Å². The van der Waals surface area contributed by atoms with Gasteiger partial charge in [0.05, 0.1) is 12.6 Å². The van der Waals surface area contributed by atoms with Crippen molar-refractivity contribution in [3.63, 3.8) is 0 Å². The van der Waals surface area contributed by atoms with Gasteiger partial charge in [0.1, 0.15) is 23.9 Å². The first-order chi connectivity index (χ1) is 15.3. The molecule has 0 saturated carbocycles. The molecule has 0 atom stereocenters. The fourth-order valence-corrected chi connectivity index (χ4v) is 4.36. The number of pyridine rings is 1. The van der Waals surface area contributed by atoms with E-state index >= 15 is 0 Å². The summed E-state index contributed by atoms with van der Waals surface area (Å²) in [5.41, 5.74) is 11.7. The van der Waals surface area contributed by atoms with E-state index < -0.39 is 0 Å². The number of hydrogen-bond donors (Lipinski definition) is 2. The maximum absolute atomic E-state index is 5.70. The molecular weight excluding hydrogens is 390 g/mol. The first-order valence-corrected chi connectivity index (χ1v) is 10.8. The van der Waals surface area contributed by atoms with Gasteiger partial charge in [0.25, 0.3) is 0 Å². The summed E-state index contributed by atoms with van der Waals surface area (Å²) in [6.45, 7) is 4.80. The molecule has 160 valence electrons. The van der Waals surface area contributed by atoms with Crippen LogP contribution >= 0.6 is 0 Å². The van der Waals surface area contributed by atoms with E-state index in [2.05, 4.69) is 33.6 Å². The fourth-order valence-electron chi connectivity index (χ4n) is 4.36. The molecule has 5 rings (SSSR count). The minimum atomic E-state index is 0.488. The SMILES string of the molecule is COc1ccc2c(c1)C(=NOCCCN)c1c-2c(N2CCNCC2)nc2ccccc12. The highest BCUT2D eigenvalue weighted by molar-refractivity contribution is 6.30. The predicted octanol–water partition coefficient (Wildman–Crippen LogP) is 2.75. The molecule has 0 bridgehead atoms. The number of anilines is 1. The fraction of sp³-hybridized carbons (Fsp3) is 0.333. The standard InChI is InChI=1S/C24H27N5O2/c1-30-16-7-8-17-19(15-16)23(28-31-14-4-9-25)21-18-5-2-3-6-20(18)27-24(22(17)21)29-12-10-26-11-13-29/h2-3,5-8,15,26H,4,9-14,25H2,1H3. The average Bonchev–Trinajstić information content (AvgIpc) is 3.15. The lowest BCUT2D eigenvalue weighted by atomic mass is 10.0. The molecule has 0 spiro atoms. The summed E-state index contributed by atoms with van der Waals surface area (Å²) >= 11 is 0. The Morgan fingerprint density at radius 2 is 1.94 bits per heavy atom. The minimum absolute atomic E-state index is 0.488. The number of hydrogen-bond acceptors (Lipinski definition) is 7. The van der Waals surface area contributed by atoms with Crippen molar-refractivity contribution < 1.29 is 9.57 Å². The molecule has 0 unspecified atom stereocenters. The van der Waals surface area contributed by atoms with Crippen LogP contribution in [0.15, 0.2) is 47.6 Å². The van der Waals surface area contributed by atoms with Gasteiger partial charge in [-0.15, -0.1) is 0 Å². The molecule has 1 aliphatic carbocycles. The maximum Gasteiger partial charge on any atom is 0.137 e. The Balaban J connectivity index is 1.76. The molecule has 1 fully saturated rings. The molecule has 1 saturated heterocycles. The summed E-state index contributed by atoms with van der Waals surface area (Å²) in [6, 6.07) is 14.4. The van der Waals surface area contributed by atoms with E-state index in [1.54, 1.807) is 7.11 Å². The summed E-state index contributed by atoms with van der Waals surface area (Å²) in [6.07, 6.45) is 0.762. The maximum atomic E-state index is 5.70. The Kier molecular flexibility index (Phi) is 5.44. The van der Waals surface area contributed by atoms with Crippen molar-refractivity contribution in [2.24, 2.45) is 10.9 Å². The van der Waals surface area contributed by atoms with E-state index in [1.165, 1.54) is 0 Å². The number of nitrogens with two attached hydrogens (primary N) is 1. The third kappa shape index (κ3) is 3.49. The molecule has 7 nitrogen and oxygen atoms in total. The third-order valence-corrected chi connectivity index (χ3v) is 5.87. The number of fused-ring (bicyclic) bond motifs is 5. The highest BCUT2D eigenvalue weighted by Gasteiger charge is 2.33. The van der Waals surface area contributed by atoms with Gasteiger partial charge >= 0.3 is 0 Å².